The number of anilines is 2. The molecule has 0 spiro atoms. The van der Waals surface area contributed by atoms with Crippen molar-refractivity contribution in [1.82, 2.24) is 4.31 Å². The Balaban J connectivity index is 1.90. The number of benzene rings is 2. The third kappa shape index (κ3) is 4.01. The van der Waals surface area contributed by atoms with Gasteiger partial charge in [0.15, 0.2) is 0 Å². The average Bonchev–Trinajstić information content (AvgIpc) is 2.72. The number of nitrogens with zero attached hydrogens (tertiary/aromatic N) is 1. The molecule has 0 saturated carbocycles. The predicted molar refractivity (Wildman–Crippen MR) is 103 cm³/mol. The number of hydrogen-bond acceptors (Lipinski definition) is 4. The standard InChI is InChI=1S/C19H21N3O4S/c1-12-4-5-14(13(2)8-12)11-22(3)27(25,26)15-6-7-16-17(9-15)21-19(24)10-18(23)20-16/h4-9H,10-11H2,1-3H3,(H,20,23)(H,21,24). The molecular formula is C19H21N3O4S. The smallest absolute Gasteiger partial charge is 0.243 e. The summed E-state index contributed by atoms with van der Waals surface area (Å²) in [4.78, 5) is 23.4. The van der Waals surface area contributed by atoms with Gasteiger partial charge in [0, 0.05) is 13.6 Å². The minimum atomic E-state index is -3.77. The topological polar surface area (TPSA) is 95.6 Å². The van der Waals surface area contributed by atoms with Crippen molar-refractivity contribution < 1.29 is 18.0 Å². The number of amides is 2. The number of sulfonamides is 1. The summed E-state index contributed by atoms with van der Waals surface area (Å²) in [6, 6.07) is 10.1. The maximum atomic E-state index is 13.0. The van der Waals surface area contributed by atoms with Crippen molar-refractivity contribution in [2.24, 2.45) is 0 Å². The van der Waals surface area contributed by atoms with Gasteiger partial charge in [-0.05, 0) is 43.2 Å². The van der Waals surface area contributed by atoms with Gasteiger partial charge in [-0.15, -0.1) is 0 Å². The maximum Gasteiger partial charge on any atom is 0.243 e. The molecule has 27 heavy (non-hydrogen) atoms. The number of hydrogen-bond donors (Lipinski definition) is 2. The molecule has 0 atom stereocenters. The Bertz CT molecular complexity index is 1030. The lowest BCUT2D eigenvalue weighted by molar-refractivity contribution is -0.123. The molecule has 0 fully saturated rings. The van der Waals surface area contributed by atoms with Gasteiger partial charge in [-0.2, -0.15) is 4.31 Å². The van der Waals surface area contributed by atoms with Gasteiger partial charge in [0.2, 0.25) is 21.8 Å². The van der Waals surface area contributed by atoms with Crippen molar-refractivity contribution in [2.45, 2.75) is 31.7 Å². The van der Waals surface area contributed by atoms with Crippen molar-refractivity contribution in [3.63, 3.8) is 0 Å². The van der Waals surface area contributed by atoms with Crippen molar-refractivity contribution in [1.29, 1.82) is 0 Å². The van der Waals surface area contributed by atoms with Gasteiger partial charge < -0.3 is 10.6 Å². The number of carbonyl (C=O) groups is 2. The average molecular weight is 387 g/mol. The van der Waals surface area contributed by atoms with Gasteiger partial charge in [-0.1, -0.05) is 23.8 Å². The highest BCUT2D eigenvalue weighted by Gasteiger charge is 2.25. The van der Waals surface area contributed by atoms with E-state index in [9.17, 15) is 18.0 Å². The van der Waals surface area contributed by atoms with Crippen LogP contribution in [0, 0.1) is 13.8 Å². The molecule has 0 aromatic heterocycles. The molecule has 2 amide bonds. The fourth-order valence-electron chi connectivity index (χ4n) is 2.96. The summed E-state index contributed by atoms with van der Waals surface area (Å²) in [5.41, 5.74) is 3.70. The number of fused-ring (bicyclic) bond motifs is 1. The van der Waals surface area contributed by atoms with E-state index in [1.54, 1.807) is 0 Å². The molecule has 0 bridgehead atoms. The zero-order chi connectivity index (χ0) is 19.8. The fraction of sp³-hybridized carbons (Fsp3) is 0.263. The van der Waals surface area contributed by atoms with E-state index in [0.717, 1.165) is 16.7 Å². The van der Waals surface area contributed by atoms with E-state index in [1.165, 1.54) is 29.6 Å². The molecule has 2 aromatic rings. The number of nitrogens with one attached hydrogen (secondary N) is 2. The van der Waals surface area contributed by atoms with Crippen LogP contribution in [0.3, 0.4) is 0 Å². The normalized spacial score (nSPS) is 14.4. The van der Waals surface area contributed by atoms with E-state index in [0.29, 0.717) is 5.69 Å². The fourth-order valence-corrected chi connectivity index (χ4v) is 4.13. The summed E-state index contributed by atoms with van der Waals surface area (Å²) in [7, 11) is -2.26. The van der Waals surface area contributed by atoms with Crippen LogP contribution in [0.25, 0.3) is 0 Å². The second kappa shape index (κ2) is 7.13. The van der Waals surface area contributed by atoms with Crippen LogP contribution in [-0.2, 0) is 26.2 Å². The summed E-state index contributed by atoms with van der Waals surface area (Å²) < 4.78 is 27.2. The summed E-state index contributed by atoms with van der Waals surface area (Å²) >= 11 is 0. The Morgan fingerprint density at radius 3 is 2.30 bits per heavy atom. The molecule has 8 heteroatoms. The maximum absolute atomic E-state index is 13.0. The first-order chi connectivity index (χ1) is 12.7. The minimum absolute atomic E-state index is 0.0463. The second-order valence-electron chi connectivity index (χ2n) is 6.67. The van der Waals surface area contributed by atoms with Crippen LogP contribution in [0.1, 0.15) is 23.1 Å². The molecule has 1 aliphatic rings. The van der Waals surface area contributed by atoms with Crippen molar-refractivity contribution >= 4 is 33.2 Å². The highest BCUT2D eigenvalue weighted by Crippen LogP contribution is 2.29. The lowest BCUT2D eigenvalue weighted by Gasteiger charge is -2.19. The van der Waals surface area contributed by atoms with E-state index < -0.39 is 21.8 Å². The second-order valence-corrected chi connectivity index (χ2v) is 8.72. The Labute approximate surface area is 158 Å². The van der Waals surface area contributed by atoms with Gasteiger partial charge in [-0.3, -0.25) is 9.59 Å². The molecule has 2 N–H and O–H groups in total. The van der Waals surface area contributed by atoms with Gasteiger partial charge in [0.05, 0.1) is 16.3 Å². The molecule has 7 nitrogen and oxygen atoms in total. The van der Waals surface area contributed by atoms with Gasteiger partial charge in [-0.25, -0.2) is 8.42 Å². The van der Waals surface area contributed by atoms with Crippen molar-refractivity contribution in [2.75, 3.05) is 17.7 Å². The lowest BCUT2D eigenvalue weighted by atomic mass is 10.1. The summed E-state index contributed by atoms with van der Waals surface area (Å²) in [6.45, 7) is 4.16. The number of carbonyl (C=O) groups excluding carboxylic acids is 2. The Kier molecular flexibility index (Phi) is 5.03. The number of aryl methyl sites for hydroxylation is 2. The van der Waals surface area contributed by atoms with Crippen LogP contribution in [0.2, 0.25) is 0 Å². The lowest BCUT2D eigenvalue weighted by Crippen LogP contribution is -2.27. The van der Waals surface area contributed by atoms with Crippen molar-refractivity contribution in [3.8, 4) is 0 Å². The van der Waals surface area contributed by atoms with Gasteiger partial charge in [0.1, 0.15) is 6.42 Å². The molecule has 142 valence electrons. The third-order valence-corrected chi connectivity index (χ3v) is 6.26. The van der Waals surface area contributed by atoms with Gasteiger partial charge in [0.25, 0.3) is 0 Å². The highest BCUT2D eigenvalue weighted by molar-refractivity contribution is 7.89. The first-order valence-electron chi connectivity index (χ1n) is 8.43. The van der Waals surface area contributed by atoms with Crippen LogP contribution in [0.4, 0.5) is 11.4 Å². The SMILES string of the molecule is Cc1ccc(CN(C)S(=O)(=O)c2ccc3c(c2)NC(=O)CC(=O)N3)c(C)c1. The molecule has 1 aliphatic heterocycles. The highest BCUT2D eigenvalue weighted by atomic mass is 32.2. The third-order valence-electron chi connectivity index (χ3n) is 4.46. The molecule has 0 aliphatic carbocycles. The minimum Gasteiger partial charge on any atom is -0.324 e. The van der Waals surface area contributed by atoms with Crippen LogP contribution in [-0.4, -0.2) is 31.6 Å². The molecule has 3 rings (SSSR count). The van der Waals surface area contributed by atoms with E-state index in [2.05, 4.69) is 10.6 Å². The monoisotopic (exact) mass is 387 g/mol. The Morgan fingerprint density at radius 2 is 1.63 bits per heavy atom. The number of rotatable bonds is 4. The van der Waals surface area contributed by atoms with Crippen molar-refractivity contribution in [3.05, 3.63) is 53.1 Å². The molecular weight excluding hydrogens is 366 g/mol. The van der Waals surface area contributed by atoms with E-state index in [1.807, 2.05) is 32.0 Å². The largest absolute Gasteiger partial charge is 0.324 e. The zero-order valence-electron chi connectivity index (χ0n) is 15.4. The first kappa shape index (κ1) is 19.1. The summed E-state index contributed by atoms with van der Waals surface area (Å²) in [5.74, 6) is -0.918. The molecule has 0 unspecified atom stereocenters. The molecule has 0 saturated heterocycles. The molecule has 2 aromatic carbocycles. The summed E-state index contributed by atoms with van der Waals surface area (Å²) in [6.07, 6.45) is -0.302. The first-order valence-corrected chi connectivity index (χ1v) is 9.87. The predicted octanol–water partition coefficient (Wildman–Crippen LogP) is 2.40. The van der Waals surface area contributed by atoms with Gasteiger partial charge >= 0.3 is 0 Å². The van der Waals surface area contributed by atoms with E-state index in [-0.39, 0.29) is 23.5 Å². The quantitative estimate of drug-likeness (QED) is 0.788. The Morgan fingerprint density at radius 1 is 0.963 bits per heavy atom. The van der Waals surface area contributed by atoms with Crippen LogP contribution < -0.4 is 10.6 Å². The molecule has 0 radical (unpaired) electrons. The molecule has 1 heterocycles. The van der Waals surface area contributed by atoms with E-state index in [4.69, 9.17) is 0 Å². The Hall–Kier alpha value is -2.71. The van der Waals surface area contributed by atoms with E-state index >= 15 is 0 Å². The van der Waals surface area contributed by atoms with Crippen LogP contribution >= 0.6 is 0 Å². The van der Waals surface area contributed by atoms with Crippen LogP contribution in [0.5, 0.6) is 0 Å². The van der Waals surface area contributed by atoms with Crippen LogP contribution in [0.15, 0.2) is 41.3 Å². The summed E-state index contributed by atoms with van der Waals surface area (Å²) in [5, 5.41) is 5.15. The zero-order valence-corrected chi connectivity index (χ0v) is 16.2.